The number of thioether (sulfide) groups is 1. The summed E-state index contributed by atoms with van der Waals surface area (Å²) in [6, 6.07) is 12.3. The monoisotopic (exact) mass is 453 g/mol. The number of hydrogen-bond donors (Lipinski definition) is 1. The third-order valence-electron chi connectivity index (χ3n) is 4.82. The number of rotatable bonds is 8. The van der Waals surface area contributed by atoms with Crippen LogP contribution in [0.1, 0.15) is 21.8 Å². The molecular weight excluding hydrogens is 430 g/mol. The Labute approximate surface area is 188 Å². The van der Waals surface area contributed by atoms with E-state index in [9.17, 15) is 4.79 Å². The summed E-state index contributed by atoms with van der Waals surface area (Å²) >= 11 is 3.04. The fraction of sp³-hybridized carbons (Fsp3) is 0.286. The van der Waals surface area contributed by atoms with Crippen LogP contribution in [-0.2, 0) is 17.8 Å². The van der Waals surface area contributed by atoms with Crippen LogP contribution in [-0.4, -0.2) is 41.6 Å². The number of aryl methyl sites for hydroxylation is 4. The zero-order valence-electron chi connectivity index (χ0n) is 17.6. The third kappa shape index (κ3) is 5.02. The molecule has 0 aliphatic rings. The van der Waals surface area contributed by atoms with E-state index in [4.69, 9.17) is 0 Å². The number of carbonyl (C=O) groups is 1. The van der Waals surface area contributed by atoms with Gasteiger partial charge in [0.05, 0.1) is 35.1 Å². The van der Waals surface area contributed by atoms with E-state index in [1.807, 2.05) is 55.8 Å². The second-order valence-electron chi connectivity index (χ2n) is 7.14. The topological polar surface area (TPSA) is 90.5 Å². The summed E-state index contributed by atoms with van der Waals surface area (Å²) in [6.07, 6.45) is 0.860. The van der Waals surface area contributed by atoms with Crippen molar-refractivity contribution >= 4 is 34.7 Å². The maximum atomic E-state index is 12.6. The van der Waals surface area contributed by atoms with E-state index < -0.39 is 0 Å². The molecule has 8 nitrogen and oxygen atoms in total. The molecule has 1 amide bonds. The van der Waals surface area contributed by atoms with Gasteiger partial charge in [0.1, 0.15) is 0 Å². The maximum Gasteiger partial charge on any atom is 0.234 e. The van der Waals surface area contributed by atoms with Gasteiger partial charge in [0, 0.05) is 11.3 Å². The lowest BCUT2D eigenvalue weighted by molar-refractivity contribution is -0.113. The maximum absolute atomic E-state index is 12.6. The molecule has 4 rings (SSSR count). The molecule has 0 unspecified atom stereocenters. The van der Waals surface area contributed by atoms with Crippen molar-refractivity contribution in [3.8, 4) is 5.69 Å². The summed E-state index contributed by atoms with van der Waals surface area (Å²) in [5.74, 6) is 0.0981. The van der Waals surface area contributed by atoms with Crippen LogP contribution in [0.2, 0.25) is 0 Å². The minimum atomic E-state index is -0.118. The van der Waals surface area contributed by atoms with Crippen molar-refractivity contribution in [1.82, 2.24) is 30.0 Å². The van der Waals surface area contributed by atoms with Gasteiger partial charge in [-0.2, -0.15) is 5.10 Å². The van der Waals surface area contributed by atoms with E-state index in [1.165, 1.54) is 22.2 Å². The van der Waals surface area contributed by atoms with Crippen molar-refractivity contribution < 1.29 is 4.79 Å². The SMILES string of the molecule is Cc1ccc(-n2nc(C)c(NC(=O)CSc3nnnn3CCc3cccs3)c2C)cc1. The lowest BCUT2D eigenvalue weighted by atomic mass is 10.2. The summed E-state index contributed by atoms with van der Waals surface area (Å²) in [6.45, 7) is 6.57. The Morgan fingerprint density at radius 2 is 1.97 bits per heavy atom. The lowest BCUT2D eigenvalue weighted by Gasteiger charge is -2.07. The van der Waals surface area contributed by atoms with Crippen LogP contribution in [0.25, 0.3) is 5.69 Å². The molecule has 160 valence electrons. The predicted molar refractivity (Wildman–Crippen MR) is 123 cm³/mol. The standard InChI is InChI=1S/C21H23N7OS2/c1-14-6-8-17(9-7-14)28-16(3)20(15(2)24-28)22-19(29)13-31-21-23-25-26-27(21)11-10-18-5-4-12-30-18/h4-9,12H,10-11,13H2,1-3H3,(H,22,29). The Morgan fingerprint density at radius 1 is 1.16 bits per heavy atom. The molecule has 0 aliphatic carbocycles. The first-order valence-electron chi connectivity index (χ1n) is 9.85. The molecule has 0 bridgehead atoms. The van der Waals surface area contributed by atoms with Gasteiger partial charge in [-0.25, -0.2) is 9.36 Å². The zero-order valence-corrected chi connectivity index (χ0v) is 19.2. The number of nitrogens with one attached hydrogen (secondary N) is 1. The summed E-state index contributed by atoms with van der Waals surface area (Å²) in [4.78, 5) is 13.9. The Kier molecular flexibility index (Phi) is 6.47. The first-order chi connectivity index (χ1) is 15.0. The molecule has 10 heteroatoms. The number of carbonyl (C=O) groups excluding carboxylic acids is 1. The second kappa shape index (κ2) is 9.44. The molecule has 0 saturated heterocycles. The van der Waals surface area contributed by atoms with Crippen molar-refractivity contribution in [2.75, 3.05) is 11.1 Å². The molecule has 0 aliphatic heterocycles. The fourth-order valence-corrected chi connectivity index (χ4v) is 4.58. The van der Waals surface area contributed by atoms with Crippen LogP contribution in [0.5, 0.6) is 0 Å². The normalized spacial score (nSPS) is 11.1. The predicted octanol–water partition coefficient (Wildman–Crippen LogP) is 3.82. The van der Waals surface area contributed by atoms with Crippen LogP contribution in [0, 0.1) is 20.8 Å². The minimum Gasteiger partial charge on any atom is -0.322 e. The van der Waals surface area contributed by atoms with Gasteiger partial charge in [-0.3, -0.25) is 4.79 Å². The van der Waals surface area contributed by atoms with Crippen LogP contribution in [0.15, 0.2) is 46.9 Å². The molecule has 3 heterocycles. The van der Waals surface area contributed by atoms with Crippen LogP contribution in [0.3, 0.4) is 0 Å². The molecule has 1 aromatic carbocycles. The molecule has 0 atom stereocenters. The molecule has 1 N–H and O–H groups in total. The Bertz CT molecular complexity index is 1160. The van der Waals surface area contributed by atoms with Gasteiger partial charge in [0.15, 0.2) is 0 Å². The fourth-order valence-electron chi connectivity index (χ4n) is 3.18. The van der Waals surface area contributed by atoms with Gasteiger partial charge in [-0.05, 0) is 54.8 Å². The summed E-state index contributed by atoms with van der Waals surface area (Å²) in [5, 5.41) is 22.1. The van der Waals surface area contributed by atoms with E-state index in [-0.39, 0.29) is 11.7 Å². The van der Waals surface area contributed by atoms with Crippen molar-refractivity contribution in [1.29, 1.82) is 0 Å². The highest BCUT2D eigenvalue weighted by Gasteiger charge is 2.16. The molecule has 3 aromatic heterocycles. The van der Waals surface area contributed by atoms with Crippen LogP contribution < -0.4 is 5.32 Å². The van der Waals surface area contributed by atoms with Gasteiger partial charge >= 0.3 is 0 Å². The van der Waals surface area contributed by atoms with Crippen molar-refractivity contribution in [2.24, 2.45) is 0 Å². The lowest BCUT2D eigenvalue weighted by Crippen LogP contribution is -2.16. The number of anilines is 1. The Morgan fingerprint density at radius 3 is 2.71 bits per heavy atom. The van der Waals surface area contributed by atoms with Crippen molar-refractivity contribution in [2.45, 2.75) is 38.9 Å². The van der Waals surface area contributed by atoms with Gasteiger partial charge in [-0.1, -0.05) is 35.5 Å². The first kappa shape index (κ1) is 21.3. The number of thiophene rings is 1. The van der Waals surface area contributed by atoms with E-state index >= 15 is 0 Å². The zero-order chi connectivity index (χ0) is 21.8. The Hall–Kier alpha value is -2.98. The van der Waals surface area contributed by atoms with Gasteiger partial charge in [-0.15, -0.1) is 16.4 Å². The summed E-state index contributed by atoms with van der Waals surface area (Å²) in [5.41, 5.74) is 4.56. The second-order valence-corrected chi connectivity index (χ2v) is 9.12. The number of aromatic nitrogens is 6. The van der Waals surface area contributed by atoms with Gasteiger partial charge in [0.2, 0.25) is 11.1 Å². The number of tetrazole rings is 1. The molecule has 0 fully saturated rings. The van der Waals surface area contributed by atoms with E-state index in [0.29, 0.717) is 11.7 Å². The first-order valence-corrected chi connectivity index (χ1v) is 11.7. The van der Waals surface area contributed by atoms with Crippen molar-refractivity contribution in [3.63, 3.8) is 0 Å². The highest BCUT2D eigenvalue weighted by molar-refractivity contribution is 7.99. The van der Waals surface area contributed by atoms with Gasteiger partial charge in [0.25, 0.3) is 0 Å². The number of nitrogens with zero attached hydrogens (tertiary/aromatic N) is 6. The van der Waals surface area contributed by atoms with Crippen LogP contribution in [0.4, 0.5) is 5.69 Å². The summed E-state index contributed by atoms with van der Waals surface area (Å²) in [7, 11) is 0. The van der Waals surface area contributed by atoms with E-state index in [2.05, 4.69) is 37.4 Å². The number of benzene rings is 1. The molecule has 0 radical (unpaired) electrons. The molecule has 0 saturated carbocycles. The average Bonchev–Trinajstić information content (AvgIpc) is 3.49. The Balaban J connectivity index is 1.38. The molecule has 0 spiro atoms. The average molecular weight is 454 g/mol. The molecular formula is C21H23N7OS2. The number of hydrogen-bond acceptors (Lipinski definition) is 7. The minimum absolute atomic E-state index is 0.118. The van der Waals surface area contributed by atoms with Crippen LogP contribution >= 0.6 is 23.1 Å². The van der Waals surface area contributed by atoms with Gasteiger partial charge < -0.3 is 5.32 Å². The molecule has 31 heavy (non-hydrogen) atoms. The van der Waals surface area contributed by atoms with Crippen molar-refractivity contribution in [3.05, 3.63) is 63.6 Å². The largest absolute Gasteiger partial charge is 0.322 e. The quantitative estimate of drug-likeness (QED) is 0.408. The van der Waals surface area contributed by atoms with E-state index in [1.54, 1.807) is 16.0 Å². The molecule has 4 aromatic rings. The third-order valence-corrected chi connectivity index (χ3v) is 6.71. The van der Waals surface area contributed by atoms with E-state index in [0.717, 1.165) is 29.2 Å². The highest BCUT2D eigenvalue weighted by Crippen LogP contribution is 2.24. The number of amides is 1. The smallest absolute Gasteiger partial charge is 0.234 e. The summed E-state index contributed by atoms with van der Waals surface area (Å²) < 4.78 is 3.59. The highest BCUT2D eigenvalue weighted by atomic mass is 32.2.